The van der Waals surface area contributed by atoms with Gasteiger partial charge in [-0.25, -0.2) is 0 Å². The Labute approximate surface area is 409 Å². The summed E-state index contributed by atoms with van der Waals surface area (Å²) in [6.45, 7) is 14.5. The lowest BCUT2D eigenvalue weighted by molar-refractivity contribution is 0.125. The van der Waals surface area contributed by atoms with Crippen LogP contribution in [0, 0.1) is 5.41 Å². The molecule has 0 N–H and O–H groups in total. The Balaban J connectivity index is 0.964. The Morgan fingerprint density at radius 2 is 0.652 bits per heavy atom. The molecule has 0 bridgehead atoms. The fourth-order valence-electron chi connectivity index (χ4n) is 12.0. The Kier molecular flexibility index (Phi) is 11.4. The first kappa shape index (κ1) is 44.3. The molecule has 3 aromatic heterocycles. The monoisotopic (exact) mass is 895 g/mol. The van der Waals surface area contributed by atoms with Gasteiger partial charge in [0.25, 0.3) is 0 Å². The second-order valence-electron chi connectivity index (χ2n) is 21.2. The van der Waals surface area contributed by atoms with Crippen molar-refractivity contribution in [3.8, 4) is 67.2 Å². The van der Waals surface area contributed by atoms with Crippen LogP contribution in [0.1, 0.15) is 106 Å². The lowest BCUT2D eigenvalue weighted by Gasteiger charge is -2.44. The van der Waals surface area contributed by atoms with Crippen LogP contribution in [0.5, 0.6) is 0 Å². The summed E-state index contributed by atoms with van der Waals surface area (Å²) in [5.74, 6) is 0.907. The number of hydrogen-bond donors (Lipinski definition) is 0. The third-order valence-electron chi connectivity index (χ3n) is 17.1. The zero-order valence-electron chi connectivity index (χ0n) is 40.8. The van der Waals surface area contributed by atoms with Crippen molar-refractivity contribution >= 4 is 0 Å². The van der Waals surface area contributed by atoms with Gasteiger partial charge in [0.2, 0.25) is 0 Å². The van der Waals surface area contributed by atoms with E-state index in [-0.39, 0.29) is 16.2 Å². The average Bonchev–Trinajstić information content (AvgIpc) is 3.51. The molecule has 2 unspecified atom stereocenters. The van der Waals surface area contributed by atoms with Crippen LogP contribution in [-0.4, -0.2) is 15.0 Å². The molecular weight excluding hydrogens is 835 g/mol. The Hall–Kier alpha value is -7.23. The van der Waals surface area contributed by atoms with Gasteiger partial charge in [0.15, 0.2) is 0 Å². The summed E-state index contributed by atoms with van der Waals surface area (Å²) < 4.78 is 0. The fraction of sp³-hybridized carbons (Fsp3) is 0.227. The third kappa shape index (κ3) is 7.92. The maximum absolute atomic E-state index is 5.21. The highest BCUT2D eigenvalue weighted by molar-refractivity contribution is 5.74. The zero-order valence-corrected chi connectivity index (χ0v) is 40.8. The Morgan fingerprint density at radius 3 is 1.03 bits per heavy atom. The van der Waals surface area contributed by atoms with Gasteiger partial charge in [-0.3, -0.25) is 15.0 Å². The summed E-state index contributed by atoms with van der Waals surface area (Å²) in [4.78, 5) is 15.2. The molecule has 3 nitrogen and oxygen atoms in total. The SMILES string of the molecule is CC1(C)c2ccc(-c3ccc(-c4ccccc4C4CC(c5ccccc5-c5ccc(-c6ccccc6)nc5)CC(c5ccccc5-c5ccc(-c6ccccc6)nc5)C4)cn3)cc2C(C)(C)C1(C)C. The highest BCUT2D eigenvalue weighted by Gasteiger charge is 2.56. The lowest BCUT2D eigenvalue weighted by atomic mass is 9.59. The van der Waals surface area contributed by atoms with Crippen molar-refractivity contribution in [2.45, 2.75) is 89.4 Å². The van der Waals surface area contributed by atoms with Crippen molar-refractivity contribution in [2.75, 3.05) is 0 Å². The van der Waals surface area contributed by atoms with Gasteiger partial charge in [-0.15, -0.1) is 0 Å². The number of pyridine rings is 3. The van der Waals surface area contributed by atoms with Gasteiger partial charge in [-0.1, -0.05) is 205 Å². The number of aromatic nitrogens is 3. The molecule has 1 fully saturated rings. The number of hydrogen-bond acceptors (Lipinski definition) is 3. The molecule has 0 saturated heterocycles. The molecule has 2 atom stereocenters. The minimum absolute atomic E-state index is 0.0330. The molecule has 340 valence electrons. The van der Waals surface area contributed by atoms with E-state index in [4.69, 9.17) is 15.0 Å². The van der Waals surface area contributed by atoms with Crippen LogP contribution in [0.2, 0.25) is 0 Å². The number of benzene rings is 6. The number of rotatable bonds is 9. The molecular formula is C66H61N3. The first-order valence-corrected chi connectivity index (χ1v) is 24.9. The molecule has 11 rings (SSSR count). The maximum Gasteiger partial charge on any atom is 0.0702 e. The number of fused-ring (bicyclic) bond motifs is 1. The van der Waals surface area contributed by atoms with Gasteiger partial charge < -0.3 is 0 Å². The van der Waals surface area contributed by atoms with Crippen molar-refractivity contribution in [3.63, 3.8) is 0 Å². The van der Waals surface area contributed by atoms with Crippen molar-refractivity contribution < 1.29 is 0 Å². The smallest absolute Gasteiger partial charge is 0.0702 e. The second kappa shape index (κ2) is 17.7. The summed E-state index contributed by atoms with van der Waals surface area (Å²) in [6.07, 6.45) is 9.37. The van der Waals surface area contributed by atoms with Crippen LogP contribution in [0.25, 0.3) is 67.2 Å². The normalized spacial score (nSPS) is 18.9. The fourth-order valence-corrected chi connectivity index (χ4v) is 12.0. The van der Waals surface area contributed by atoms with Crippen LogP contribution in [0.3, 0.4) is 0 Å². The predicted octanol–water partition coefficient (Wildman–Crippen LogP) is 17.3. The van der Waals surface area contributed by atoms with Crippen LogP contribution in [0.15, 0.2) is 207 Å². The van der Waals surface area contributed by atoms with Crippen LogP contribution in [0.4, 0.5) is 0 Å². The van der Waals surface area contributed by atoms with Crippen LogP contribution < -0.4 is 0 Å². The van der Waals surface area contributed by atoms with Gasteiger partial charge in [0, 0.05) is 52.0 Å². The minimum Gasteiger partial charge on any atom is -0.256 e. The highest BCUT2D eigenvalue weighted by Crippen LogP contribution is 2.62. The Morgan fingerprint density at radius 1 is 0.319 bits per heavy atom. The molecule has 2 aliphatic carbocycles. The summed E-state index contributed by atoms with van der Waals surface area (Å²) in [7, 11) is 0. The molecule has 2 aliphatic rings. The van der Waals surface area contributed by atoms with E-state index in [2.05, 4.69) is 248 Å². The first-order chi connectivity index (χ1) is 33.5. The van der Waals surface area contributed by atoms with Gasteiger partial charge in [0.1, 0.15) is 0 Å². The predicted molar refractivity (Wildman–Crippen MR) is 287 cm³/mol. The molecule has 3 heteroatoms. The first-order valence-electron chi connectivity index (χ1n) is 24.9. The van der Waals surface area contributed by atoms with Gasteiger partial charge in [0.05, 0.1) is 17.1 Å². The molecule has 0 radical (unpaired) electrons. The molecule has 1 saturated carbocycles. The van der Waals surface area contributed by atoms with E-state index in [1.54, 1.807) is 0 Å². The molecule has 0 spiro atoms. The quantitative estimate of drug-likeness (QED) is 0.145. The van der Waals surface area contributed by atoms with E-state index in [1.165, 1.54) is 50.1 Å². The molecule has 3 heterocycles. The standard InChI is InChI=1S/C66H61N3/c1-64(2)59-33-29-46(40-60(59)65(3,4)66(64,5)6)63-36-32-49(43-69-63)55-25-15-18-28-58(55)52-38-50(56-26-16-13-23-53(56)47-30-34-61(67-41-47)44-19-9-7-10-20-44)37-51(39-52)57-27-17-14-24-54(57)48-31-35-62(68-42-48)45-21-11-8-12-22-45/h7-36,40-43,50-52H,37-39H2,1-6H3. The van der Waals surface area contributed by atoms with Crippen LogP contribution in [-0.2, 0) is 10.8 Å². The number of nitrogens with zero attached hydrogens (tertiary/aromatic N) is 3. The minimum atomic E-state index is 0.0330. The molecule has 6 aromatic carbocycles. The van der Waals surface area contributed by atoms with Crippen molar-refractivity contribution in [1.82, 2.24) is 15.0 Å². The second-order valence-corrected chi connectivity index (χ2v) is 21.2. The van der Waals surface area contributed by atoms with Gasteiger partial charge in [-0.2, -0.15) is 0 Å². The summed E-state index contributed by atoms with van der Waals surface area (Å²) in [5, 5.41) is 0. The highest BCUT2D eigenvalue weighted by atomic mass is 14.7. The van der Waals surface area contributed by atoms with E-state index < -0.39 is 0 Å². The summed E-state index contributed by atoms with van der Waals surface area (Å²) in [6, 6.07) is 68.6. The summed E-state index contributed by atoms with van der Waals surface area (Å²) >= 11 is 0. The van der Waals surface area contributed by atoms with Crippen molar-refractivity contribution in [3.05, 3.63) is 234 Å². The molecule has 0 amide bonds. The van der Waals surface area contributed by atoms with E-state index in [0.29, 0.717) is 17.8 Å². The van der Waals surface area contributed by atoms with Gasteiger partial charge in [-0.05, 0) is 122 Å². The lowest BCUT2D eigenvalue weighted by Crippen LogP contribution is -2.42. The van der Waals surface area contributed by atoms with E-state index in [9.17, 15) is 0 Å². The zero-order chi connectivity index (χ0) is 47.3. The van der Waals surface area contributed by atoms with Crippen LogP contribution >= 0.6 is 0 Å². The van der Waals surface area contributed by atoms with Crippen molar-refractivity contribution in [2.24, 2.45) is 5.41 Å². The molecule has 69 heavy (non-hydrogen) atoms. The average molecular weight is 896 g/mol. The van der Waals surface area contributed by atoms with Gasteiger partial charge >= 0.3 is 0 Å². The molecule has 0 aliphatic heterocycles. The molecule has 9 aromatic rings. The van der Waals surface area contributed by atoms with E-state index >= 15 is 0 Å². The summed E-state index contributed by atoms with van der Waals surface area (Å²) in [5.41, 5.74) is 21.0. The van der Waals surface area contributed by atoms with E-state index in [0.717, 1.165) is 64.2 Å². The largest absolute Gasteiger partial charge is 0.256 e. The topological polar surface area (TPSA) is 38.7 Å². The van der Waals surface area contributed by atoms with Crippen molar-refractivity contribution in [1.29, 1.82) is 0 Å². The Bertz CT molecular complexity index is 3120. The maximum atomic E-state index is 5.21. The van der Waals surface area contributed by atoms with E-state index in [1.807, 2.05) is 0 Å². The third-order valence-corrected chi connectivity index (χ3v) is 17.1.